The number of nitrogens with zero attached hydrogens (tertiary/aromatic N) is 2. The topological polar surface area (TPSA) is 75.1 Å². The van der Waals surface area contributed by atoms with Crippen LogP contribution in [0.3, 0.4) is 0 Å². The van der Waals surface area contributed by atoms with Crippen molar-refractivity contribution in [2.75, 3.05) is 11.9 Å². The molecular formula is C9H11N3O2. The molecule has 74 valence electrons. The van der Waals surface area contributed by atoms with Crippen molar-refractivity contribution in [3.05, 3.63) is 17.5 Å². The second kappa shape index (κ2) is 3.61. The minimum absolute atomic E-state index is 0.140. The molecule has 1 aromatic heterocycles. The van der Waals surface area contributed by atoms with Crippen LogP contribution in [0, 0.1) is 0 Å². The fourth-order valence-corrected chi connectivity index (χ4v) is 1.55. The van der Waals surface area contributed by atoms with Crippen LogP contribution in [0.1, 0.15) is 17.7 Å². The summed E-state index contributed by atoms with van der Waals surface area (Å²) in [6.45, 7) is -0.140. The predicted molar refractivity (Wildman–Crippen MR) is 50.2 cm³/mol. The number of hydrogen-bond donors (Lipinski definition) is 2. The molecule has 1 aliphatic carbocycles. The Morgan fingerprint density at radius 3 is 3.21 bits per heavy atom. The highest BCUT2D eigenvalue weighted by atomic mass is 16.4. The van der Waals surface area contributed by atoms with E-state index in [0.29, 0.717) is 5.95 Å². The average molecular weight is 193 g/mol. The first-order chi connectivity index (χ1) is 6.75. The summed E-state index contributed by atoms with van der Waals surface area (Å²) in [5, 5.41) is 11.1. The van der Waals surface area contributed by atoms with Crippen LogP contribution >= 0.6 is 0 Å². The first-order valence-corrected chi connectivity index (χ1v) is 4.56. The molecule has 0 unspecified atom stereocenters. The van der Waals surface area contributed by atoms with Crippen LogP contribution in [0.2, 0.25) is 0 Å². The van der Waals surface area contributed by atoms with E-state index in [1.165, 1.54) is 5.56 Å². The van der Waals surface area contributed by atoms with Crippen molar-refractivity contribution in [1.82, 2.24) is 9.97 Å². The molecule has 5 nitrogen and oxygen atoms in total. The molecule has 0 amide bonds. The van der Waals surface area contributed by atoms with Gasteiger partial charge in [0.2, 0.25) is 5.95 Å². The van der Waals surface area contributed by atoms with Crippen molar-refractivity contribution >= 4 is 11.9 Å². The van der Waals surface area contributed by atoms with E-state index < -0.39 is 5.97 Å². The largest absolute Gasteiger partial charge is 0.480 e. The Labute approximate surface area is 81.2 Å². The number of carboxylic acid groups (broad SMARTS) is 1. The fourth-order valence-electron chi connectivity index (χ4n) is 1.55. The Morgan fingerprint density at radius 1 is 1.57 bits per heavy atom. The Bertz CT molecular complexity index is 365. The third-order valence-electron chi connectivity index (χ3n) is 2.21. The van der Waals surface area contributed by atoms with Crippen LogP contribution in [0.4, 0.5) is 5.95 Å². The number of anilines is 1. The van der Waals surface area contributed by atoms with Gasteiger partial charge in [-0.15, -0.1) is 0 Å². The minimum Gasteiger partial charge on any atom is -0.480 e. The average Bonchev–Trinajstić information content (AvgIpc) is 2.61. The fraction of sp³-hybridized carbons (Fsp3) is 0.444. The molecule has 2 N–H and O–H groups in total. The molecule has 0 atom stereocenters. The van der Waals surface area contributed by atoms with Crippen molar-refractivity contribution in [3.8, 4) is 0 Å². The lowest BCUT2D eigenvalue weighted by Gasteiger charge is -2.03. The zero-order valence-electron chi connectivity index (χ0n) is 7.66. The predicted octanol–water partition coefficient (Wildman–Crippen LogP) is 0.462. The lowest BCUT2D eigenvalue weighted by atomic mass is 10.3. The Balaban J connectivity index is 2.09. The van der Waals surface area contributed by atoms with Crippen LogP contribution in [-0.2, 0) is 17.6 Å². The molecule has 0 saturated carbocycles. The summed E-state index contributed by atoms with van der Waals surface area (Å²) >= 11 is 0. The van der Waals surface area contributed by atoms with Crippen molar-refractivity contribution in [2.45, 2.75) is 19.3 Å². The maximum Gasteiger partial charge on any atom is 0.322 e. The molecule has 1 heterocycles. The van der Waals surface area contributed by atoms with Gasteiger partial charge < -0.3 is 10.4 Å². The zero-order valence-corrected chi connectivity index (χ0v) is 7.66. The van der Waals surface area contributed by atoms with Gasteiger partial charge in [0, 0.05) is 11.9 Å². The van der Waals surface area contributed by atoms with Crippen molar-refractivity contribution in [2.24, 2.45) is 0 Å². The van der Waals surface area contributed by atoms with Crippen LogP contribution in [0.25, 0.3) is 0 Å². The Kier molecular flexibility index (Phi) is 2.30. The summed E-state index contributed by atoms with van der Waals surface area (Å²) in [5.74, 6) is -0.498. The van der Waals surface area contributed by atoms with Gasteiger partial charge in [-0.05, 0) is 24.8 Å². The van der Waals surface area contributed by atoms with E-state index in [1.807, 2.05) is 0 Å². The molecule has 1 aliphatic rings. The molecule has 0 aromatic carbocycles. The number of nitrogens with one attached hydrogen (secondary N) is 1. The van der Waals surface area contributed by atoms with Gasteiger partial charge in [0.1, 0.15) is 6.54 Å². The first kappa shape index (κ1) is 8.93. The Hall–Kier alpha value is -1.65. The number of carboxylic acids is 1. The number of aromatic nitrogens is 2. The van der Waals surface area contributed by atoms with E-state index in [4.69, 9.17) is 5.11 Å². The number of aliphatic carboxylic acids is 1. The van der Waals surface area contributed by atoms with E-state index in [0.717, 1.165) is 25.0 Å². The van der Waals surface area contributed by atoms with Crippen LogP contribution in [0.5, 0.6) is 0 Å². The monoisotopic (exact) mass is 193 g/mol. The quantitative estimate of drug-likeness (QED) is 0.729. The van der Waals surface area contributed by atoms with Crippen LogP contribution < -0.4 is 5.32 Å². The second-order valence-corrected chi connectivity index (χ2v) is 3.27. The molecule has 0 radical (unpaired) electrons. The second-order valence-electron chi connectivity index (χ2n) is 3.27. The summed E-state index contributed by atoms with van der Waals surface area (Å²) in [4.78, 5) is 18.6. The summed E-state index contributed by atoms with van der Waals surface area (Å²) in [6, 6.07) is 0. The summed E-state index contributed by atoms with van der Waals surface area (Å²) in [7, 11) is 0. The van der Waals surface area contributed by atoms with Gasteiger partial charge in [0.15, 0.2) is 0 Å². The highest BCUT2D eigenvalue weighted by Gasteiger charge is 2.13. The van der Waals surface area contributed by atoms with Gasteiger partial charge in [-0.2, -0.15) is 0 Å². The standard InChI is InChI=1S/C9H11N3O2/c13-8(14)5-11-9-10-4-6-2-1-3-7(6)12-9/h4H,1-3,5H2,(H,13,14)(H,10,11,12). The third kappa shape index (κ3) is 1.81. The highest BCUT2D eigenvalue weighted by molar-refractivity contribution is 5.71. The van der Waals surface area contributed by atoms with Gasteiger partial charge in [-0.25, -0.2) is 9.97 Å². The van der Waals surface area contributed by atoms with Crippen LogP contribution in [0.15, 0.2) is 6.20 Å². The molecule has 0 aliphatic heterocycles. The van der Waals surface area contributed by atoms with Crippen molar-refractivity contribution < 1.29 is 9.90 Å². The number of hydrogen-bond acceptors (Lipinski definition) is 4. The first-order valence-electron chi connectivity index (χ1n) is 4.56. The summed E-state index contributed by atoms with van der Waals surface area (Å²) in [5.41, 5.74) is 2.23. The zero-order chi connectivity index (χ0) is 9.97. The lowest BCUT2D eigenvalue weighted by Crippen LogP contribution is -2.14. The smallest absolute Gasteiger partial charge is 0.322 e. The molecule has 1 aromatic rings. The Morgan fingerprint density at radius 2 is 2.43 bits per heavy atom. The number of fused-ring (bicyclic) bond motifs is 1. The number of carbonyl (C=O) groups is 1. The van der Waals surface area contributed by atoms with E-state index in [2.05, 4.69) is 15.3 Å². The van der Waals surface area contributed by atoms with Gasteiger partial charge >= 0.3 is 5.97 Å². The molecule has 2 rings (SSSR count). The van der Waals surface area contributed by atoms with E-state index in [9.17, 15) is 4.79 Å². The molecule has 0 fully saturated rings. The maximum absolute atomic E-state index is 10.3. The van der Waals surface area contributed by atoms with Crippen molar-refractivity contribution in [3.63, 3.8) is 0 Å². The molecule has 0 saturated heterocycles. The normalized spacial score (nSPS) is 13.7. The number of rotatable bonds is 3. The van der Waals surface area contributed by atoms with Gasteiger partial charge in [-0.3, -0.25) is 4.79 Å². The van der Waals surface area contributed by atoms with E-state index >= 15 is 0 Å². The number of aryl methyl sites for hydroxylation is 2. The third-order valence-corrected chi connectivity index (χ3v) is 2.21. The summed E-state index contributed by atoms with van der Waals surface area (Å²) in [6.07, 6.45) is 4.90. The van der Waals surface area contributed by atoms with Gasteiger partial charge in [0.05, 0.1) is 0 Å². The van der Waals surface area contributed by atoms with Crippen LogP contribution in [-0.4, -0.2) is 27.6 Å². The van der Waals surface area contributed by atoms with E-state index in [-0.39, 0.29) is 6.54 Å². The molecule has 0 bridgehead atoms. The highest BCUT2D eigenvalue weighted by Crippen LogP contribution is 2.19. The van der Waals surface area contributed by atoms with E-state index in [1.54, 1.807) is 6.20 Å². The van der Waals surface area contributed by atoms with Gasteiger partial charge in [0.25, 0.3) is 0 Å². The molecule has 0 spiro atoms. The summed E-state index contributed by atoms with van der Waals surface area (Å²) < 4.78 is 0. The molecule has 14 heavy (non-hydrogen) atoms. The molecular weight excluding hydrogens is 182 g/mol. The lowest BCUT2D eigenvalue weighted by molar-refractivity contribution is -0.134. The maximum atomic E-state index is 10.3. The van der Waals surface area contributed by atoms with Crippen molar-refractivity contribution in [1.29, 1.82) is 0 Å². The minimum atomic E-state index is -0.908. The molecule has 5 heteroatoms. The SMILES string of the molecule is O=C(O)CNc1ncc2c(n1)CCC2. The van der Waals surface area contributed by atoms with Gasteiger partial charge in [-0.1, -0.05) is 0 Å².